The van der Waals surface area contributed by atoms with Gasteiger partial charge >= 0.3 is 0 Å². The molecular weight excluding hydrogens is 723 g/mol. The molecule has 0 N–H and O–H groups in total. The Labute approximate surface area is 350 Å². The van der Waals surface area contributed by atoms with Gasteiger partial charge < -0.3 is 9.13 Å². The van der Waals surface area contributed by atoms with Crippen molar-refractivity contribution in [2.45, 2.75) is 46.0 Å². The normalized spacial score (nSPS) is 13.2. The molecular formula is C57H43BN2. The summed E-state index contributed by atoms with van der Waals surface area (Å²) in [5.41, 5.74) is 18.3. The molecule has 0 fully saturated rings. The highest BCUT2D eigenvalue weighted by atomic mass is 15.0. The average molecular weight is 767 g/mol. The van der Waals surface area contributed by atoms with Gasteiger partial charge in [-0.05, 0) is 107 Å². The van der Waals surface area contributed by atoms with E-state index in [2.05, 4.69) is 208 Å². The zero-order chi connectivity index (χ0) is 40.2. The summed E-state index contributed by atoms with van der Waals surface area (Å²) in [7, 11) is 0. The molecule has 2 nitrogen and oxygen atoms in total. The summed E-state index contributed by atoms with van der Waals surface area (Å²) >= 11 is 0. The quantitative estimate of drug-likeness (QED) is 0.125. The zero-order valence-electron chi connectivity index (χ0n) is 34.6. The lowest BCUT2D eigenvalue weighted by atomic mass is 9.33. The van der Waals surface area contributed by atoms with Crippen molar-refractivity contribution >= 4 is 88.1 Å². The van der Waals surface area contributed by atoms with Gasteiger partial charge in [0, 0.05) is 38.6 Å². The Morgan fingerprint density at radius 1 is 0.467 bits per heavy atom. The molecule has 0 saturated heterocycles. The van der Waals surface area contributed by atoms with Crippen molar-refractivity contribution in [3.05, 3.63) is 175 Å². The fourth-order valence-electron chi connectivity index (χ4n) is 11.3. The Kier molecular flexibility index (Phi) is 6.75. The summed E-state index contributed by atoms with van der Waals surface area (Å²) in [6.07, 6.45) is 0. The summed E-state index contributed by atoms with van der Waals surface area (Å²) in [5.74, 6) is 0.405. The van der Waals surface area contributed by atoms with Crippen molar-refractivity contribution < 1.29 is 0 Å². The van der Waals surface area contributed by atoms with Crippen LogP contribution in [0.3, 0.4) is 0 Å². The van der Waals surface area contributed by atoms with Crippen LogP contribution in [-0.2, 0) is 5.41 Å². The molecule has 60 heavy (non-hydrogen) atoms. The first-order valence-electron chi connectivity index (χ1n) is 21.6. The van der Waals surface area contributed by atoms with Gasteiger partial charge in [-0.25, -0.2) is 0 Å². The number of benzene rings is 9. The van der Waals surface area contributed by atoms with Gasteiger partial charge in [0.2, 0.25) is 0 Å². The third-order valence-electron chi connectivity index (χ3n) is 14.0. The van der Waals surface area contributed by atoms with Crippen LogP contribution >= 0.6 is 0 Å². The van der Waals surface area contributed by atoms with E-state index >= 15 is 0 Å². The van der Waals surface area contributed by atoms with E-state index in [-0.39, 0.29) is 12.1 Å². The first-order valence-corrected chi connectivity index (χ1v) is 21.6. The first-order chi connectivity index (χ1) is 29.3. The summed E-state index contributed by atoms with van der Waals surface area (Å²) in [5, 5.41) is 11.9. The second kappa shape index (κ2) is 11.9. The molecule has 0 atom stereocenters. The van der Waals surface area contributed by atoms with Gasteiger partial charge in [0.1, 0.15) is 0 Å². The molecule has 4 heterocycles. The minimum Gasteiger partial charge on any atom is -0.310 e. The molecule has 3 heteroatoms. The van der Waals surface area contributed by atoms with Crippen LogP contribution < -0.4 is 16.4 Å². The van der Waals surface area contributed by atoms with Crippen molar-refractivity contribution in [3.8, 4) is 33.8 Å². The monoisotopic (exact) mass is 766 g/mol. The Bertz CT molecular complexity index is 3650. The van der Waals surface area contributed by atoms with Crippen LogP contribution in [0.2, 0.25) is 0 Å². The topological polar surface area (TPSA) is 9.86 Å². The summed E-state index contributed by atoms with van der Waals surface area (Å²) in [6, 6.07) is 62.5. The molecule has 0 saturated carbocycles. The predicted molar refractivity (Wildman–Crippen MR) is 258 cm³/mol. The van der Waals surface area contributed by atoms with Gasteiger partial charge in [-0.1, -0.05) is 174 Å². The highest BCUT2D eigenvalue weighted by Crippen LogP contribution is 2.47. The Balaban J connectivity index is 1.33. The molecule has 0 unspecified atom stereocenters. The lowest BCUT2D eigenvalue weighted by molar-refractivity contribution is 0.589. The second-order valence-electron chi connectivity index (χ2n) is 18.6. The van der Waals surface area contributed by atoms with Gasteiger partial charge in [0.05, 0.1) is 16.7 Å². The van der Waals surface area contributed by atoms with Crippen LogP contribution in [0.5, 0.6) is 0 Å². The average Bonchev–Trinajstić information content (AvgIpc) is 3.80. The van der Waals surface area contributed by atoms with E-state index in [9.17, 15) is 0 Å². The maximum atomic E-state index is 2.69. The molecule has 2 aromatic heterocycles. The Morgan fingerprint density at radius 3 is 1.75 bits per heavy atom. The van der Waals surface area contributed by atoms with Crippen LogP contribution in [0.1, 0.15) is 51.7 Å². The summed E-state index contributed by atoms with van der Waals surface area (Å²) in [4.78, 5) is 0. The van der Waals surface area contributed by atoms with Crippen LogP contribution in [0.25, 0.3) is 98.8 Å². The van der Waals surface area contributed by atoms with Crippen molar-refractivity contribution in [2.24, 2.45) is 0 Å². The number of rotatable bonds is 3. The molecule has 9 aromatic carbocycles. The van der Waals surface area contributed by atoms with Crippen LogP contribution in [-0.4, -0.2) is 15.8 Å². The molecule has 2 aliphatic heterocycles. The fraction of sp³-hybridized carbons (Fsp3) is 0.123. The highest BCUT2D eigenvalue weighted by Gasteiger charge is 2.44. The molecule has 0 bridgehead atoms. The molecule has 0 spiro atoms. The highest BCUT2D eigenvalue weighted by molar-refractivity contribution is 7.02. The second-order valence-corrected chi connectivity index (χ2v) is 18.6. The number of fused-ring (bicyclic) bond motifs is 14. The van der Waals surface area contributed by atoms with Gasteiger partial charge in [-0.3, -0.25) is 0 Å². The maximum absolute atomic E-state index is 2.69. The number of hydrogen-bond donors (Lipinski definition) is 0. The van der Waals surface area contributed by atoms with Gasteiger partial charge in [-0.2, -0.15) is 0 Å². The van der Waals surface area contributed by atoms with E-state index in [1.54, 1.807) is 0 Å². The van der Waals surface area contributed by atoms with E-state index in [1.165, 1.54) is 126 Å². The minimum atomic E-state index is -0.0939. The van der Waals surface area contributed by atoms with Crippen LogP contribution in [0, 0.1) is 0 Å². The van der Waals surface area contributed by atoms with Crippen molar-refractivity contribution in [3.63, 3.8) is 0 Å². The molecule has 13 rings (SSSR count). The third-order valence-corrected chi connectivity index (χ3v) is 14.0. The fourth-order valence-corrected chi connectivity index (χ4v) is 11.3. The lowest BCUT2D eigenvalue weighted by Gasteiger charge is -2.36. The predicted octanol–water partition coefficient (Wildman–Crippen LogP) is 13.1. The maximum Gasteiger partial charge on any atom is 0.253 e. The standard InChI is InChI=1S/C57H43BN2/c1-33(2)36-27-28-41-45-32-44-40-23-13-12-21-38(40)39-22-14-15-24-42(39)51(44)53-56(45)59(47(41)29-36)48-30-37(57(3,4)5)31-49-52(48)58(53)46-26-16-25-43-50(34-17-8-6-9-18-34)54(60(49)55(43)46)35-19-10-7-11-20-35/h6-33H,1-5H3. The molecule has 0 radical (unpaired) electrons. The third kappa shape index (κ3) is 4.34. The van der Waals surface area contributed by atoms with E-state index in [0.29, 0.717) is 5.92 Å². The van der Waals surface area contributed by atoms with E-state index in [1.807, 2.05) is 0 Å². The zero-order valence-corrected chi connectivity index (χ0v) is 34.6. The minimum absolute atomic E-state index is 0.000449. The largest absolute Gasteiger partial charge is 0.310 e. The number of nitrogens with zero attached hydrogens (tertiary/aromatic N) is 2. The van der Waals surface area contributed by atoms with Crippen molar-refractivity contribution in [1.29, 1.82) is 0 Å². The number of para-hydroxylation sites is 1. The van der Waals surface area contributed by atoms with E-state index < -0.39 is 0 Å². The molecule has 0 aliphatic carbocycles. The van der Waals surface area contributed by atoms with E-state index in [4.69, 9.17) is 0 Å². The SMILES string of the molecule is CC(C)c1ccc2c3cc4c5ccccc5c5ccccc5c4c4c3n(c2c1)-c1cc(C(C)(C)C)cc2c1B4c1cccc3c(-c4ccccc4)c(-c4ccccc4)n-2c13. The Morgan fingerprint density at radius 2 is 1.07 bits per heavy atom. The van der Waals surface area contributed by atoms with E-state index in [0.717, 1.165) is 0 Å². The van der Waals surface area contributed by atoms with Gasteiger partial charge in [0.25, 0.3) is 6.71 Å². The molecule has 11 aromatic rings. The van der Waals surface area contributed by atoms with Crippen LogP contribution in [0.15, 0.2) is 164 Å². The van der Waals surface area contributed by atoms with Gasteiger partial charge in [0.15, 0.2) is 0 Å². The lowest BCUT2D eigenvalue weighted by Crippen LogP contribution is -2.59. The molecule has 284 valence electrons. The number of aromatic nitrogens is 2. The summed E-state index contributed by atoms with van der Waals surface area (Å²) < 4.78 is 5.35. The smallest absolute Gasteiger partial charge is 0.253 e. The first kappa shape index (κ1) is 34.1. The Hall–Kier alpha value is -6.84. The van der Waals surface area contributed by atoms with Crippen molar-refractivity contribution in [2.75, 3.05) is 0 Å². The van der Waals surface area contributed by atoms with Gasteiger partial charge in [-0.15, -0.1) is 0 Å². The van der Waals surface area contributed by atoms with Crippen LogP contribution in [0.4, 0.5) is 0 Å². The molecule has 2 aliphatic rings. The molecule has 0 amide bonds. The number of hydrogen-bond acceptors (Lipinski definition) is 0. The summed E-state index contributed by atoms with van der Waals surface area (Å²) in [6.45, 7) is 11.8. The van der Waals surface area contributed by atoms with Crippen molar-refractivity contribution in [1.82, 2.24) is 9.13 Å².